The van der Waals surface area contributed by atoms with Crippen LogP contribution in [0, 0.1) is 5.92 Å². The van der Waals surface area contributed by atoms with Gasteiger partial charge in [-0.3, -0.25) is 14.7 Å². The van der Waals surface area contributed by atoms with Crippen molar-refractivity contribution in [2.45, 2.75) is 25.7 Å². The second kappa shape index (κ2) is 8.08. The van der Waals surface area contributed by atoms with Crippen LogP contribution in [0.3, 0.4) is 0 Å². The number of amides is 2. The molecule has 4 rings (SSSR count). The number of aromatic nitrogens is 2. The molecule has 3 heterocycles. The number of fused-ring (bicyclic) bond motifs is 1. The number of aromatic amines is 1. The molecule has 144 valence electrons. The molecule has 0 atom stereocenters. The van der Waals surface area contributed by atoms with Gasteiger partial charge in [0.25, 0.3) is 5.91 Å². The van der Waals surface area contributed by atoms with Crippen molar-refractivity contribution in [1.29, 1.82) is 0 Å². The standard InChI is InChI=1S/C20H27N5O2/c26-18(6-5-15-7-9-21-10-8-15)24-11-13-25(14-12-24)20(27)19-16-3-1-2-4-17(16)22-23-19/h1-4,15,21H,5-14H2,(H,22,23). The van der Waals surface area contributed by atoms with Crippen LogP contribution in [0.15, 0.2) is 24.3 Å². The monoisotopic (exact) mass is 369 g/mol. The Morgan fingerprint density at radius 1 is 1.04 bits per heavy atom. The Morgan fingerprint density at radius 2 is 1.74 bits per heavy atom. The van der Waals surface area contributed by atoms with Gasteiger partial charge in [0.2, 0.25) is 5.91 Å². The first kappa shape index (κ1) is 18.0. The maximum absolute atomic E-state index is 12.8. The molecular formula is C20H27N5O2. The van der Waals surface area contributed by atoms with Crippen molar-refractivity contribution in [2.24, 2.45) is 5.92 Å². The Labute approximate surface area is 159 Å². The number of carbonyl (C=O) groups is 2. The summed E-state index contributed by atoms with van der Waals surface area (Å²) in [5.41, 5.74) is 1.34. The zero-order valence-corrected chi connectivity index (χ0v) is 15.6. The van der Waals surface area contributed by atoms with E-state index < -0.39 is 0 Å². The smallest absolute Gasteiger partial charge is 0.275 e. The number of piperidine rings is 1. The number of carbonyl (C=O) groups excluding carboxylic acids is 2. The molecule has 7 heteroatoms. The minimum Gasteiger partial charge on any atom is -0.339 e. The van der Waals surface area contributed by atoms with Gasteiger partial charge in [0.05, 0.1) is 5.52 Å². The van der Waals surface area contributed by atoms with Crippen molar-refractivity contribution in [3.8, 4) is 0 Å². The molecular weight excluding hydrogens is 342 g/mol. The number of H-pyrrole nitrogens is 1. The van der Waals surface area contributed by atoms with Crippen LogP contribution >= 0.6 is 0 Å². The summed E-state index contributed by atoms with van der Waals surface area (Å²) in [5, 5.41) is 11.3. The van der Waals surface area contributed by atoms with Gasteiger partial charge in [-0.2, -0.15) is 5.10 Å². The fraction of sp³-hybridized carbons (Fsp3) is 0.550. The molecule has 1 aromatic heterocycles. The summed E-state index contributed by atoms with van der Waals surface area (Å²) in [5.74, 6) is 0.839. The third-order valence-electron chi connectivity index (χ3n) is 5.82. The lowest BCUT2D eigenvalue weighted by molar-refractivity contribution is -0.133. The summed E-state index contributed by atoms with van der Waals surface area (Å²) in [6.07, 6.45) is 3.96. The van der Waals surface area contributed by atoms with Crippen LogP contribution in [0.4, 0.5) is 0 Å². The first-order valence-electron chi connectivity index (χ1n) is 9.93. The maximum Gasteiger partial charge on any atom is 0.275 e. The van der Waals surface area contributed by atoms with Gasteiger partial charge in [-0.1, -0.05) is 18.2 Å². The van der Waals surface area contributed by atoms with Gasteiger partial charge in [0.15, 0.2) is 5.69 Å². The van der Waals surface area contributed by atoms with Crippen molar-refractivity contribution < 1.29 is 9.59 Å². The van der Waals surface area contributed by atoms with Crippen molar-refractivity contribution in [2.75, 3.05) is 39.3 Å². The minimum atomic E-state index is -0.0609. The Balaban J connectivity index is 1.29. The van der Waals surface area contributed by atoms with E-state index in [9.17, 15) is 9.59 Å². The SMILES string of the molecule is O=C(CCC1CCNCC1)N1CCN(C(=O)c2n[nH]c3ccccc23)CC1. The summed E-state index contributed by atoms with van der Waals surface area (Å²) in [7, 11) is 0. The van der Waals surface area contributed by atoms with Gasteiger partial charge in [-0.15, -0.1) is 0 Å². The number of rotatable bonds is 4. The van der Waals surface area contributed by atoms with E-state index in [1.165, 1.54) is 12.8 Å². The van der Waals surface area contributed by atoms with Gasteiger partial charge >= 0.3 is 0 Å². The summed E-state index contributed by atoms with van der Waals surface area (Å²) < 4.78 is 0. The Hall–Kier alpha value is -2.41. The van der Waals surface area contributed by atoms with Gasteiger partial charge < -0.3 is 15.1 Å². The molecule has 27 heavy (non-hydrogen) atoms. The van der Waals surface area contributed by atoms with Crippen LogP contribution in [0.5, 0.6) is 0 Å². The van der Waals surface area contributed by atoms with E-state index in [1.807, 2.05) is 29.2 Å². The summed E-state index contributed by atoms with van der Waals surface area (Å²) in [4.78, 5) is 29.0. The lowest BCUT2D eigenvalue weighted by Crippen LogP contribution is -2.50. The normalized spacial score (nSPS) is 18.8. The summed E-state index contributed by atoms with van der Waals surface area (Å²) in [6, 6.07) is 7.65. The van der Waals surface area contributed by atoms with Crippen LogP contribution < -0.4 is 5.32 Å². The fourth-order valence-corrected chi connectivity index (χ4v) is 4.09. The van der Waals surface area contributed by atoms with E-state index in [0.29, 0.717) is 44.2 Å². The molecule has 2 aliphatic heterocycles. The molecule has 0 bridgehead atoms. The van der Waals surface area contributed by atoms with Gasteiger partial charge in [0, 0.05) is 38.0 Å². The lowest BCUT2D eigenvalue weighted by atomic mass is 9.93. The zero-order valence-electron chi connectivity index (χ0n) is 15.6. The minimum absolute atomic E-state index is 0.0609. The molecule has 0 unspecified atom stereocenters. The number of hydrogen-bond donors (Lipinski definition) is 2. The second-order valence-electron chi connectivity index (χ2n) is 7.52. The van der Waals surface area contributed by atoms with Gasteiger partial charge in [-0.05, 0) is 44.3 Å². The molecule has 2 amide bonds. The van der Waals surface area contributed by atoms with Gasteiger partial charge in [0.1, 0.15) is 0 Å². The highest BCUT2D eigenvalue weighted by atomic mass is 16.2. The third-order valence-corrected chi connectivity index (χ3v) is 5.82. The Morgan fingerprint density at radius 3 is 2.52 bits per heavy atom. The highest BCUT2D eigenvalue weighted by molar-refractivity contribution is 6.04. The van der Waals surface area contributed by atoms with Crippen molar-refractivity contribution in [1.82, 2.24) is 25.3 Å². The van der Waals surface area contributed by atoms with Crippen LogP contribution in [0.2, 0.25) is 0 Å². The van der Waals surface area contributed by atoms with E-state index in [-0.39, 0.29) is 11.8 Å². The van der Waals surface area contributed by atoms with Gasteiger partial charge in [-0.25, -0.2) is 0 Å². The van der Waals surface area contributed by atoms with Crippen LogP contribution in [0.1, 0.15) is 36.2 Å². The highest BCUT2D eigenvalue weighted by Gasteiger charge is 2.27. The summed E-state index contributed by atoms with van der Waals surface area (Å²) in [6.45, 7) is 4.50. The van der Waals surface area contributed by atoms with Crippen LogP contribution in [0.25, 0.3) is 10.9 Å². The molecule has 0 radical (unpaired) electrons. The number of hydrogen-bond acceptors (Lipinski definition) is 4. The molecule has 0 aliphatic carbocycles. The lowest BCUT2D eigenvalue weighted by Gasteiger charge is -2.35. The quantitative estimate of drug-likeness (QED) is 0.858. The molecule has 2 aromatic rings. The second-order valence-corrected chi connectivity index (χ2v) is 7.52. The number of nitrogens with zero attached hydrogens (tertiary/aromatic N) is 3. The van der Waals surface area contributed by atoms with E-state index in [1.54, 1.807) is 4.90 Å². The van der Waals surface area contributed by atoms with Crippen LogP contribution in [-0.2, 0) is 4.79 Å². The molecule has 2 fully saturated rings. The number of benzene rings is 1. The zero-order chi connectivity index (χ0) is 18.6. The molecule has 2 saturated heterocycles. The first-order chi connectivity index (χ1) is 13.2. The van der Waals surface area contributed by atoms with Crippen molar-refractivity contribution >= 4 is 22.7 Å². The van der Waals surface area contributed by atoms with E-state index >= 15 is 0 Å². The van der Waals surface area contributed by atoms with E-state index in [0.717, 1.165) is 30.4 Å². The van der Waals surface area contributed by atoms with Crippen molar-refractivity contribution in [3.05, 3.63) is 30.0 Å². The Bertz CT molecular complexity index is 804. The number of para-hydroxylation sites is 1. The Kier molecular flexibility index (Phi) is 5.38. The number of piperazine rings is 1. The average molecular weight is 369 g/mol. The van der Waals surface area contributed by atoms with Crippen molar-refractivity contribution in [3.63, 3.8) is 0 Å². The predicted molar refractivity (Wildman–Crippen MR) is 103 cm³/mol. The largest absolute Gasteiger partial charge is 0.339 e. The third kappa shape index (κ3) is 3.98. The highest BCUT2D eigenvalue weighted by Crippen LogP contribution is 2.20. The number of nitrogens with one attached hydrogen (secondary N) is 2. The summed E-state index contributed by atoms with van der Waals surface area (Å²) >= 11 is 0. The first-order valence-corrected chi connectivity index (χ1v) is 9.93. The molecule has 1 aromatic carbocycles. The molecule has 0 saturated carbocycles. The van der Waals surface area contributed by atoms with E-state index in [4.69, 9.17) is 0 Å². The maximum atomic E-state index is 12.8. The fourth-order valence-electron chi connectivity index (χ4n) is 4.09. The molecule has 2 aliphatic rings. The molecule has 0 spiro atoms. The van der Waals surface area contributed by atoms with E-state index in [2.05, 4.69) is 15.5 Å². The predicted octanol–water partition coefficient (Wildman–Crippen LogP) is 1.63. The molecule has 2 N–H and O–H groups in total. The average Bonchev–Trinajstić information content (AvgIpc) is 3.16. The molecule has 7 nitrogen and oxygen atoms in total. The topological polar surface area (TPSA) is 81.3 Å². The van der Waals surface area contributed by atoms with Crippen LogP contribution in [-0.4, -0.2) is 71.1 Å².